The van der Waals surface area contributed by atoms with Crippen LogP contribution in [0.4, 0.5) is 0 Å². The maximum atomic E-state index is 12.1. The molecule has 6 atom stereocenters. The molecule has 188 valence electrons. The summed E-state index contributed by atoms with van der Waals surface area (Å²) in [4.78, 5) is 16.1. The number of hydrogen-bond donors (Lipinski definition) is 3. The Morgan fingerprint density at radius 2 is 2.06 bits per heavy atom. The van der Waals surface area contributed by atoms with Crippen molar-refractivity contribution in [1.29, 1.82) is 0 Å². The zero-order valence-corrected chi connectivity index (χ0v) is 21.0. The van der Waals surface area contributed by atoms with Crippen LogP contribution in [-0.4, -0.2) is 33.3 Å². The molecule has 0 radical (unpaired) electrons. The van der Waals surface area contributed by atoms with Gasteiger partial charge in [-0.25, -0.2) is 0 Å². The van der Waals surface area contributed by atoms with Crippen LogP contribution < -0.4 is 5.32 Å². The Morgan fingerprint density at radius 1 is 1.26 bits per heavy atom. The molecule has 3 rings (SSSR count). The Balaban J connectivity index is 1.35. The first-order valence-electron chi connectivity index (χ1n) is 13.4. The first-order chi connectivity index (χ1) is 16.5. The molecular weight excluding hydrogens is 424 g/mol. The Bertz CT molecular complexity index is 807. The van der Waals surface area contributed by atoms with Gasteiger partial charge in [0.1, 0.15) is 0 Å². The molecule has 0 aromatic carbocycles. The van der Waals surface area contributed by atoms with Gasteiger partial charge in [-0.05, 0) is 74.0 Å². The summed E-state index contributed by atoms with van der Waals surface area (Å²) in [6, 6.07) is 3.83. The van der Waals surface area contributed by atoms with Crippen molar-refractivity contribution in [2.24, 2.45) is 23.7 Å². The first-order valence-corrected chi connectivity index (χ1v) is 13.4. The number of hydrogen-bond acceptors (Lipinski definition) is 4. The van der Waals surface area contributed by atoms with E-state index in [1.807, 2.05) is 18.2 Å². The van der Waals surface area contributed by atoms with Crippen LogP contribution in [0.25, 0.3) is 0 Å². The lowest BCUT2D eigenvalue weighted by atomic mass is 9.88. The van der Waals surface area contributed by atoms with E-state index in [1.165, 1.54) is 18.4 Å². The number of unbranched alkanes of at least 4 members (excludes halogenated alkanes) is 2. The number of aliphatic hydroxyl groups excluding tert-OH is 2. The molecule has 34 heavy (non-hydrogen) atoms. The normalized spacial score (nSPS) is 25.8. The second kappa shape index (κ2) is 13.8. The van der Waals surface area contributed by atoms with Crippen molar-refractivity contribution < 1.29 is 15.0 Å². The average molecular weight is 469 g/mol. The number of allylic oxidation sites excluding steroid dienone is 2. The summed E-state index contributed by atoms with van der Waals surface area (Å²) in [6.45, 7) is 4.97. The van der Waals surface area contributed by atoms with Crippen LogP contribution in [0, 0.1) is 23.7 Å². The zero-order chi connectivity index (χ0) is 24.3. The number of aromatic nitrogens is 1. The van der Waals surface area contributed by atoms with Crippen LogP contribution >= 0.6 is 0 Å². The molecule has 2 aliphatic rings. The lowest BCUT2D eigenvalue weighted by Crippen LogP contribution is -2.22. The van der Waals surface area contributed by atoms with Gasteiger partial charge in [0.25, 0.3) is 0 Å². The Labute approximate surface area is 205 Å². The third kappa shape index (κ3) is 8.35. The molecule has 0 saturated heterocycles. The van der Waals surface area contributed by atoms with Gasteiger partial charge in [0.2, 0.25) is 5.91 Å². The van der Waals surface area contributed by atoms with E-state index >= 15 is 0 Å². The maximum absolute atomic E-state index is 12.1. The number of nitrogens with zero attached hydrogens (tertiary/aromatic N) is 1. The number of carbonyl (C=O) groups is 1. The highest BCUT2D eigenvalue weighted by atomic mass is 16.3. The fraction of sp³-hybridized carbons (Fsp3) is 0.655. The number of fused-ring (bicyclic) bond motifs is 1. The highest BCUT2D eigenvalue weighted by Crippen LogP contribution is 2.48. The van der Waals surface area contributed by atoms with Crippen molar-refractivity contribution in [3.8, 4) is 0 Å². The number of pyridine rings is 1. The number of carbonyl (C=O) groups excluding carboxylic acids is 1. The lowest BCUT2D eigenvalue weighted by Gasteiger charge is -2.19. The van der Waals surface area contributed by atoms with E-state index in [2.05, 4.69) is 36.3 Å². The van der Waals surface area contributed by atoms with Gasteiger partial charge >= 0.3 is 0 Å². The Hall–Kier alpha value is -1.98. The average Bonchev–Trinajstić information content (AvgIpc) is 3.34. The molecule has 0 unspecified atom stereocenters. The molecule has 1 fully saturated rings. The molecule has 1 amide bonds. The van der Waals surface area contributed by atoms with Gasteiger partial charge in [0, 0.05) is 31.3 Å². The highest BCUT2D eigenvalue weighted by molar-refractivity contribution is 5.75. The van der Waals surface area contributed by atoms with Crippen molar-refractivity contribution >= 4 is 5.91 Å². The topological polar surface area (TPSA) is 82.5 Å². The van der Waals surface area contributed by atoms with E-state index in [9.17, 15) is 15.0 Å². The zero-order valence-electron chi connectivity index (χ0n) is 21.0. The summed E-state index contributed by atoms with van der Waals surface area (Å²) in [5.74, 6) is 1.67. The van der Waals surface area contributed by atoms with Crippen LogP contribution in [0.2, 0.25) is 0 Å². The molecule has 0 aliphatic heterocycles. The van der Waals surface area contributed by atoms with Gasteiger partial charge in [-0.2, -0.15) is 0 Å². The van der Waals surface area contributed by atoms with Gasteiger partial charge in [-0.1, -0.05) is 56.9 Å². The van der Waals surface area contributed by atoms with E-state index in [4.69, 9.17) is 0 Å². The third-order valence-corrected chi connectivity index (χ3v) is 7.59. The number of nitrogens with one attached hydrogen (secondary N) is 1. The van der Waals surface area contributed by atoms with Gasteiger partial charge in [0.15, 0.2) is 0 Å². The standard InChI is InChI=1S/C29H44N2O3/c1-3-4-7-21(2)16-25(32)10-11-26-27-18-23(17-24(27)19-28(26)33)8-5-6-9-29(34)31-20-22-12-14-30-15-13-22/h10-15,17,21,24-28,32-33H,3-9,16,18-20H2,1-2H3,(H,31,34)/t21-,24-,25+,26+,27-,28+/m0/s1. The van der Waals surface area contributed by atoms with Crippen molar-refractivity contribution in [3.63, 3.8) is 0 Å². The van der Waals surface area contributed by atoms with E-state index in [1.54, 1.807) is 12.4 Å². The lowest BCUT2D eigenvalue weighted by molar-refractivity contribution is -0.121. The fourth-order valence-electron chi connectivity index (χ4n) is 5.64. The predicted molar refractivity (Wildman–Crippen MR) is 137 cm³/mol. The molecule has 0 bridgehead atoms. The van der Waals surface area contributed by atoms with E-state index in [0.717, 1.165) is 50.5 Å². The van der Waals surface area contributed by atoms with E-state index in [-0.39, 0.29) is 17.9 Å². The van der Waals surface area contributed by atoms with Gasteiger partial charge in [-0.3, -0.25) is 9.78 Å². The number of rotatable bonds is 14. The summed E-state index contributed by atoms with van der Waals surface area (Å²) in [7, 11) is 0. The van der Waals surface area contributed by atoms with Crippen molar-refractivity contribution in [2.45, 2.75) is 96.8 Å². The smallest absolute Gasteiger partial charge is 0.220 e. The molecule has 0 spiro atoms. The van der Waals surface area contributed by atoms with E-state index in [0.29, 0.717) is 30.7 Å². The Morgan fingerprint density at radius 3 is 2.82 bits per heavy atom. The fourth-order valence-corrected chi connectivity index (χ4v) is 5.64. The van der Waals surface area contributed by atoms with Crippen LogP contribution in [0.5, 0.6) is 0 Å². The second-order valence-electron chi connectivity index (χ2n) is 10.5. The van der Waals surface area contributed by atoms with Crippen LogP contribution in [0.1, 0.15) is 83.6 Å². The van der Waals surface area contributed by atoms with Crippen LogP contribution in [0.15, 0.2) is 48.3 Å². The monoisotopic (exact) mass is 468 g/mol. The quantitative estimate of drug-likeness (QED) is 0.254. The minimum atomic E-state index is -0.420. The molecule has 5 heteroatoms. The minimum Gasteiger partial charge on any atom is -0.392 e. The summed E-state index contributed by atoms with van der Waals surface area (Å²) in [6.07, 6.45) is 18.9. The molecule has 5 nitrogen and oxygen atoms in total. The molecule has 2 aliphatic carbocycles. The Kier molecular flexibility index (Phi) is 10.8. The molecular formula is C29H44N2O3. The van der Waals surface area contributed by atoms with Crippen molar-refractivity contribution in [1.82, 2.24) is 10.3 Å². The van der Waals surface area contributed by atoms with Crippen molar-refractivity contribution in [2.75, 3.05) is 0 Å². The third-order valence-electron chi connectivity index (χ3n) is 7.59. The maximum Gasteiger partial charge on any atom is 0.220 e. The van der Waals surface area contributed by atoms with Crippen LogP contribution in [0.3, 0.4) is 0 Å². The molecule has 1 heterocycles. The van der Waals surface area contributed by atoms with Gasteiger partial charge in [-0.15, -0.1) is 0 Å². The van der Waals surface area contributed by atoms with Crippen LogP contribution in [-0.2, 0) is 11.3 Å². The summed E-state index contributed by atoms with van der Waals surface area (Å²) in [5, 5.41) is 24.0. The molecule has 1 saturated carbocycles. The predicted octanol–water partition coefficient (Wildman–Crippen LogP) is 5.34. The van der Waals surface area contributed by atoms with E-state index < -0.39 is 6.10 Å². The summed E-state index contributed by atoms with van der Waals surface area (Å²) < 4.78 is 0. The second-order valence-corrected chi connectivity index (χ2v) is 10.5. The summed E-state index contributed by atoms with van der Waals surface area (Å²) >= 11 is 0. The molecule has 1 aromatic heterocycles. The first kappa shape index (κ1) is 26.6. The highest BCUT2D eigenvalue weighted by Gasteiger charge is 2.43. The SMILES string of the molecule is CCCC[C@H](C)C[C@H](O)C=C[C@@H]1[C@H]2CC(CCCCC(=O)NCc3ccncc3)=C[C@H]2C[C@H]1O. The number of aliphatic hydroxyl groups is 2. The van der Waals surface area contributed by atoms with Gasteiger partial charge < -0.3 is 15.5 Å². The largest absolute Gasteiger partial charge is 0.392 e. The van der Waals surface area contributed by atoms with Crippen molar-refractivity contribution in [3.05, 3.63) is 53.9 Å². The summed E-state index contributed by atoms with van der Waals surface area (Å²) in [5.41, 5.74) is 2.54. The minimum absolute atomic E-state index is 0.102. The van der Waals surface area contributed by atoms with Gasteiger partial charge in [0.05, 0.1) is 12.2 Å². The number of amides is 1. The molecule has 1 aromatic rings. The molecule has 3 N–H and O–H groups in total.